The lowest BCUT2D eigenvalue weighted by molar-refractivity contribution is -0.140. The van der Waals surface area contributed by atoms with Gasteiger partial charge in [0.05, 0.1) is 11.5 Å². The van der Waals surface area contributed by atoms with Gasteiger partial charge in [-0.15, -0.1) is 0 Å². The van der Waals surface area contributed by atoms with Crippen molar-refractivity contribution in [3.63, 3.8) is 0 Å². The predicted octanol–water partition coefficient (Wildman–Crippen LogP) is 0.572. The van der Waals surface area contributed by atoms with Crippen LogP contribution in [0.5, 0.6) is 0 Å². The zero-order valence-electron chi connectivity index (χ0n) is 17.4. The van der Waals surface area contributed by atoms with Crippen LogP contribution in [-0.2, 0) is 37.9 Å². The number of imidazole rings is 1. The van der Waals surface area contributed by atoms with Crippen molar-refractivity contribution in [1.29, 1.82) is 0 Å². The van der Waals surface area contributed by atoms with Crippen LogP contribution in [0.15, 0.2) is 9.59 Å². The van der Waals surface area contributed by atoms with E-state index < -0.39 is 32.5 Å². The summed E-state index contributed by atoms with van der Waals surface area (Å²) in [5.41, 5.74) is -1.12. The lowest BCUT2D eigenvalue weighted by Crippen LogP contribution is -2.41. The Bertz CT molecular complexity index is 1120. The Kier molecular flexibility index (Phi) is 6.71. The summed E-state index contributed by atoms with van der Waals surface area (Å²) in [5.74, 6) is -0.709. The third-order valence-corrected chi connectivity index (χ3v) is 5.94. The average molecular weight is 429 g/mol. The maximum absolute atomic E-state index is 12.9. The van der Waals surface area contributed by atoms with Gasteiger partial charge < -0.3 is 9.72 Å². The zero-order chi connectivity index (χ0) is 22.0. The van der Waals surface area contributed by atoms with E-state index in [0.29, 0.717) is 12.2 Å². The second-order valence-corrected chi connectivity index (χ2v) is 10.2. The molecule has 0 saturated heterocycles. The van der Waals surface area contributed by atoms with Gasteiger partial charge in [0.15, 0.2) is 15.5 Å². The Morgan fingerprint density at radius 1 is 1.14 bits per heavy atom. The minimum Gasteiger partial charge on any atom is -0.465 e. The Morgan fingerprint density at radius 2 is 1.79 bits per heavy atom. The number of aromatic nitrogens is 4. The number of hydrogen-bond acceptors (Lipinski definition) is 7. The highest BCUT2D eigenvalue weighted by Crippen LogP contribution is 2.20. The van der Waals surface area contributed by atoms with E-state index in [1.807, 2.05) is 27.7 Å². The van der Waals surface area contributed by atoms with Crippen molar-refractivity contribution < 1.29 is 17.9 Å². The molecule has 0 fully saturated rings. The Morgan fingerprint density at radius 3 is 2.34 bits per heavy atom. The number of ether oxygens (including phenoxy) is 1. The number of nitrogens with zero attached hydrogens (tertiary/aromatic N) is 3. The number of rotatable bonds is 8. The van der Waals surface area contributed by atoms with E-state index in [1.165, 1.54) is 11.5 Å². The molecule has 0 aliphatic heterocycles. The molecule has 0 aliphatic carbocycles. The first kappa shape index (κ1) is 22.9. The van der Waals surface area contributed by atoms with Crippen molar-refractivity contribution in [1.82, 2.24) is 19.1 Å². The number of fused-ring (bicyclic) bond motifs is 1. The summed E-state index contributed by atoms with van der Waals surface area (Å²) in [6.45, 7) is 8.60. The Hall–Kier alpha value is -2.43. The molecule has 0 atom stereocenters. The molecule has 0 saturated carbocycles. The molecule has 29 heavy (non-hydrogen) atoms. The summed E-state index contributed by atoms with van der Waals surface area (Å²) in [5, 5.41) is 0. The summed E-state index contributed by atoms with van der Waals surface area (Å²) in [6, 6.07) is 0. The molecule has 2 aromatic rings. The van der Waals surface area contributed by atoms with Gasteiger partial charge in [0.1, 0.15) is 17.9 Å². The predicted molar refractivity (Wildman–Crippen MR) is 109 cm³/mol. The smallest absolute Gasteiger partial charge is 0.332 e. The largest absolute Gasteiger partial charge is 0.465 e. The number of carbonyl (C=O) groups excluding carboxylic acids is 1. The van der Waals surface area contributed by atoms with Crippen molar-refractivity contribution in [3.05, 3.63) is 26.7 Å². The molecule has 0 unspecified atom stereocenters. The lowest BCUT2D eigenvalue weighted by Gasteiger charge is -2.13. The molecular weight excluding hydrogens is 400 g/mol. The molecule has 2 heterocycles. The number of sulfone groups is 1. The molecule has 10 nitrogen and oxygen atoms in total. The monoisotopic (exact) mass is 428 g/mol. The second kappa shape index (κ2) is 8.52. The van der Waals surface area contributed by atoms with Crippen LogP contribution >= 0.6 is 0 Å². The van der Waals surface area contributed by atoms with Crippen LogP contribution in [0.25, 0.3) is 11.2 Å². The normalized spacial score (nSPS) is 12.4. The van der Waals surface area contributed by atoms with E-state index in [-0.39, 0.29) is 42.4 Å². The maximum Gasteiger partial charge on any atom is 0.332 e. The van der Waals surface area contributed by atoms with Crippen LogP contribution in [0, 0.1) is 0 Å². The van der Waals surface area contributed by atoms with Gasteiger partial charge in [0.25, 0.3) is 5.56 Å². The number of carbonyl (C=O) groups is 1. The van der Waals surface area contributed by atoms with Gasteiger partial charge in [-0.05, 0) is 6.42 Å². The fraction of sp³-hybridized carbons (Fsp3) is 0.667. The molecule has 1 N–H and O–H groups in total. The first-order chi connectivity index (χ1) is 13.4. The summed E-state index contributed by atoms with van der Waals surface area (Å²) >= 11 is 0. The molecular formula is C18H28N4O6S. The van der Waals surface area contributed by atoms with Crippen molar-refractivity contribution in [2.75, 3.05) is 18.1 Å². The summed E-state index contributed by atoms with van der Waals surface area (Å²) in [7, 11) is -3.58. The molecule has 11 heteroatoms. The van der Waals surface area contributed by atoms with Crippen LogP contribution in [0.1, 0.15) is 46.9 Å². The molecule has 162 valence electrons. The van der Waals surface area contributed by atoms with Gasteiger partial charge in [0.2, 0.25) is 0 Å². The summed E-state index contributed by atoms with van der Waals surface area (Å²) in [4.78, 5) is 43.9. The van der Waals surface area contributed by atoms with Gasteiger partial charge in [0, 0.05) is 25.4 Å². The van der Waals surface area contributed by atoms with Crippen LogP contribution < -0.4 is 11.2 Å². The lowest BCUT2D eigenvalue weighted by atomic mass is 9.96. The number of aromatic amines is 1. The minimum atomic E-state index is -3.58. The van der Waals surface area contributed by atoms with Gasteiger partial charge in [-0.2, -0.15) is 0 Å². The van der Waals surface area contributed by atoms with Crippen LogP contribution in [0.4, 0.5) is 0 Å². The minimum absolute atomic E-state index is 0.146. The summed E-state index contributed by atoms with van der Waals surface area (Å²) < 4.78 is 31.5. The summed E-state index contributed by atoms with van der Waals surface area (Å²) in [6.07, 6.45) is 0.571. The second-order valence-electron chi connectivity index (χ2n) is 7.92. The van der Waals surface area contributed by atoms with Crippen molar-refractivity contribution in [2.45, 2.75) is 59.5 Å². The quantitative estimate of drug-likeness (QED) is 0.608. The molecule has 2 rings (SSSR count). The Balaban J connectivity index is 2.48. The SMILES string of the molecule is CCCn1c(=O)c2[nH]c(C(C)(C)C)nc2n(CCS(=O)(=O)CCOC(C)=O)c1=O. The molecule has 0 spiro atoms. The highest BCUT2D eigenvalue weighted by Gasteiger charge is 2.24. The van der Waals surface area contributed by atoms with Crippen molar-refractivity contribution in [3.8, 4) is 0 Å². The van der Waals surface area contributed by atoms with Crippen LogP contribution in [0.2, 0.25) is 0 Å². The topological polar surface area (TPSA) is 133 Å². The molecule has 0 radical (unpaired) electrons. The third-order valence-electron chi connectivity index (χ3n) is 4.34. The number of aryl methyl sites for hydroxylation is 1. The first-order valence-corrected chi connectivity index (χ1v) is 11.3. The van der Waals surface area contributed by atoms with Crippen molar-refractivity contribution in [2.24, 2.45) is 0 Å². The fourth-order valence-electron chi connectivity index (χ4n) is 2.79. The Labute approximate surface area is 168 Å². The molecule has 0 bridgehead atoms. The molecule has 0 aliphatic rings. The van der Waals surface area contributed by atoms with Crippen LogP contribution in [0.3, 0.4) is 0 Å². The van der Waals surface area contributed by atoms with E-state index >= 15 is 0 Å². The van der Waals surface area contributed by atoms with Crippen molar-refractivity contribution >= 4 is 27.0 Å². The molecule has 0 amide bonds. The van der Waals surface area contributed by atoms with E-state index in [0.717, 1.165) is 4.57 Å². The molecule has 2 aromatic heterocycles. The average Bonchev–Trinajstić information content (AvgIpc) is 3.03. The fourth-order valence-corrected chi connectivity index (χ4v) is 3.79. The number of H-pyrrole nitrogens is 1. The third kappa shape index (κ3) is 5.34. The van der Waals surface area contributed by atoms with E-state index in [9.17, 15) is 22.8 Å². The number of esters is 1. The highest BCUT2D eigenvalue weighted by molar-refractivity contribution is 7.91. The number of hydrogen-bond donors (Lipinski definition) is 1. The van der Waals surface area contributed by atoms with Gasteiger partial charge in [-0.25, -0.2) is 18.2 Å². The molecule has 0 aromatic carbocycles. The van der Waals surface area contributed by atoms with E-state index in [1.54, 1.807) is 0 Å². The first-order valence-electron chi connectivity index (χ1n) is 9.45. The highest BCUT2D eigenvalue weighted by atomic mass is 32.2. The maximum atomic E-state index is 12.9. The number of nitrogens with one attached hydrogen (secondary N) is 1. The standard InChI is InChI=1S/C18H28N4O6S/c1-6-7-22-15(24)13-14(20-16(19-13)18(3,4)5)21(17(22)25)8-10-29(26,27)11-9-28-12(2)23/h6-11H2,1-5H3,(H,19,20). The van der Waals surface area contributed by atoms with E-state index in [4.69, 9.17) is 0 Å². The van der Waals surface area contributed by atoms with Crippen LogP contribution in [-0.4, -0.2) is 51.6 Å². The van der Waals surface area contributed by atoms with Gasteiger partial charge in [-0.3, -0.25) is 18.7 Å². The zero-order valence-corrected chi connectivity index (χ0v) is 18.3. The van der Waals surface area contributed by atoms with E-state index in [2.05, 4.69) is 14.7 Å². The van der Waals surface area contributed by atoms with Gasteiger partial charge >= 0.3 is 11.7 Å². The van der Waals surface area contributed by atoms with Gasteiger partial charge in [-0.1, -0.05) is 27.7 Å².